The zero-order chi connectivity index (χ0) is 20.8. The molecule has 5 heteroatoms. The van der Waals surface area contributed by atoms with Crippen LogP contribution in [0.5, 0.6) is 0 Å². The van der Waals surface area contributed by atoms with Crippen LogP contribution >= 0.6 is 0 Å². The highest BCUT2D eigenvalue weighted by Gasteiger charge is 2.30. The van der Waals surface area contributed by atoms with Gasteiger partial charge in [0, 0.05) is 19.3 Å². The van der Waals surface area contributed by atoms with E-state index in [1.54, 1.807) is 12.1 Å². The number of benzene rings is 2. The van der Waals surface area contributed by atoms with Crippen LogP contribution in [0.2, 0.25) is 0 Å². The third kappa shape index (κ3) is 5.35. The van der Waals surface area contributed by atoms with Crippen molar-refractivity contribution < 1.29 is 19.2 Å². The molecule has 0 saturated carbocycles. The zero-order valence-electron chi connectivity index (χ0n) is 16.4. The van der Waals surface area contributed by atoms with Gasteiger partial charge in [-0.3, -0.25) is 24.1 Å². The maximum absolute atomic E-state index is 11.8. The van der Waals surface area contributed by atoms with E-state index in [9.17, 15) is 19.2 Å². The Kier molecular flexibility index (Phi) is 6.50. The van der Waals surface area contributed by atoms with Gasteiger partial charge in [-0.25, -0.2) is 0 Å². The van der Waals surface area contributed by atoms with Gasteiger partial charge < -0.3 is 0 Å². The highest BCUT2D eigenvalue weighted by atomic mass is 16.2. The lowest BCUT2D eigenvalue weighted by atomic mass is 10.0. The zero-order valence-corrected chi connectivity index (χ0v) is 16.4. The predicted octanol–water partition coefficient (Wildman–Crippen LogP) is 4.04. The largest absolute Gasteiger partial charge is 0.295 e. The van der Waals surface area contributed by atoms with Gasteiger partial charge in [-0.05, 0) is 60.7 Å². The van der Waals surface area contributed by atoms with Crippen LogP contribution in [0.4, 0.5) is 5.69 Å². The third-order valence-electron chi connectivity index (χ3n) is 4.86. The molecule has 0 radical (unpaired) electrons. The Morgan fingerprint density at radius 1 is 0.862 bits per heavy atom. The van der Waals surface area contributed by atoms with Crippen LogP contribution in [-0.2, 0) is 25.6 Å². The Morgan fingerprint density at radius 2 is 1.41 bits per heavy atom. The first-order chi connectivity index (χ1) is 13.9. The molecule has 2 amide bonds. The Morgan fingerprint density at radius 3 is 1.97 bits per heavy atom. The summed E-state index contributed by atoms with van der Waals surface area (Å²) >= 11 is 0. The molecule has 2 aromatic carbocycles. The fraction of sp³-hybridized carbons (Fsp3) is 0.250. The number of hydrogen-bond acceptors (Lipinski definition) is 4. The minimum Gasteiger partial charge on any atom is -0.295 e. The minimum atomic E-state index is -0.151. The fourth-order valence-corrected chi connectivity index (χ4v) is 3.29. The molecule has 1 fully saturated rings. The van der Waals surface area contributed by atoms with E-state index in [0.29, 0.717) is 12.1 Å². The topological polar surface area (TPSA) is 71.5 Å². The minimum absolute atomic E-state index is 0.0353. The molecule has 0 bridgehead atoms. The molecule has 5 nitrogen and oxygen atoms in total. The summed E-state index contributed by atoms with van der Waals surface area (Å²) in [6.07, 6.45) is 5.14. The van der Waals surface area contributed by atoms with Gasteiger partial charge in [0.25, 0.3) is 0 Å². The van der Waals surface area contributed by atoms with Crippen LogP contribution in [0.1, 0.15) is 38.2 Å². The van der Waals surface area contributed by atoms with E-state index in [0.717, 1.165) is 29.5 Å². The van der Waals surface area contributed by atoms with Crippen LogP contribution in [0.15, 0.2) is 60.7 Å². The maximum atomic E-state index is 11.8. The lowest BCUT2D eigenvalue weighted by molar-refractivity contribution is -0.121. The standard InChI is InChI=1S/C24H23NO4/c1-17(26)5-14-22(27)4-2-3-18-6-8-19(9-7-18)20-10-12-21(13-11-20)25-23(28)15-16-24(25)29/h5-14H,2-4,15-16H2,1H3/b14-5-. The fourth-order valence-electron chi connectivity index (χ4n) is 3.29. The molecule has 29 heavy (non-hydrogen) atoms. The van der Waals surface area contributed by atoms with Gasteiger partial charge in [0.15, 0.2) is 11.6 Å². The number of aryl methyl sites for hydroxylation is 1. The monoisotopic (exact) mass is 389 g/mol. The van der Waals surface area contributed by atoms with Crippen molar-refractivity contribution in [1.82, 2.24) is 0 Å². The van der Waals surface area contributed by atoms with E-state index in [-0.39, 0.29) is 36.2 Å². The van der Waals surface area contributed by atoms with E-state index in [2.05, 4.69) is 0 Å². The van der Waals surface area contributed by atoms with Crippen LogP contribution in [0.25, 0.3) is 11.1 Å². The molecule has 0 atom stereocenters. The highest BCUT2D eigenvalue weighted by molar-refractivity contribution is 6.19. The number of amides is 2. The van der Waals surface area contributed by atoms with Gasteiger partial charge in [-0.1, -0.05) is 36.4 Å². The SMILES string of the molecule is CC(=O)/C=C\C(=O)CCCc1ccc(-c2ccc(N3C(=O)CCC3=O)cc2)cc1. The van der Waals surface area contributed by atoms with Crippen molar-refractivity contribution in [3.05, 3.63) is 66.2 Å². The molecule has 3 rings (SSSR count). The molecule has 0 aliphatic carbocycles. The van der Waals surface area contributed by atoms with Gasteiger partial charge in [-0.15, -0.1) is 0 Å². The number of nitrogens with zero attached hydrogens (tertiary/aromatic N) is 1. The first-order valence-electron chi connectivity index (χ1n) is 9.70. The third-order valence-corrected chi connectivity index (χ3v) is 4.86. The number of carbonyl (C=O) groups excluding carboxylic acids is 4. The second-order valence-electron chi connectivity index (χ2n) is 7.13. The second-order valence-corrected chi connectivity index (χ2v) is 7.13. The van der Waals surface area contributed by atoms with Crippen molar-refractivity contribution in [2.75, 3.05) is 4.90 Å². The number of imide groups is 1. The summed E-state index contributed by atoms with van der Waals surface area (Å²) in [6, 6.07) is 15.5. The van der Waals surface area contributed by atoms with Crippen molar-refractivity contribution in [3.63, 3.8) is 0 Å². The number of rotatable bonds is 8. The van der Waals surface area contributed by atoms with E-state index < -0.39 is 0 Å². The van der Waals surface area contributed by atoms with Crippen LogP contribution in [-0.4, -0.2) is 23.4 Å². The molecule has 2 aromatic rings. The van der Waals surface area contributed by atoms with Crippen molar-refractivity contribution in [2.45, 2.75) is 39.0 Å². The lowest BCUT2D eigenvalue weighted by Gasteiger charge is -2.14. The summed E-state index contributed by atoms with van der Waals surface area (Å²) in [7, 11) is 0. The number of hydrogen-bond donors (Lipinski definition) is 0. The molecule has 0 unspecified atom stereocenters. The lowest BCUT2D eigenvalue weighted by Crippen LogP contribution is -2.28. The molecular formula is C24H23NO4. The van der Waals surface area contributed by atoms with Gasteiger partial charge in [-0.2, -0.15) is 0 Å². The molecule has 1 aliphatic rings. The summed E-state index contributed by atoms with van der Waals surface area (Å²) in [5.41, 5.74) is 3.80. The Balaban J connectivity index is 1.57. The van der Waals surface area contributed by atoms with Gasteiger partial charge in [0.2, 0.25) is 11.8 Å². The van der Waals surface area contributed by atoms with Crippen LogP contribution < -0.4 is 4.90 Å². The van der Waals surface area contributed by atoms with Crippen molar-refractivity contribution in [1.29, 1.82) is 0 Å². The number of ketones is 2. The first kappa shape index (κ1) is 20.4. The quantitative estimate of drug-likeness (QED) is 0.504. The summed E-state index contributed by atoms with van der Waals surface area (Å²) in [4.78, 5) is 47.4. The molecule has 0 aromatic heterocycles. The molecular weight excluding hydrogens is 366 g/mol. The summed E-state index contributed by atoms with van der Waals surface area (Å²) in [5.74, 6) is -0.461. The summed E-state index contributed by atoms with van der Waals surface area (Å²) in [5, 5.41) is 0. The molecule has 1 saturated heterocycles. The molecule has 148 valence electrons. The average Bonchev–Trinajstić information content (AvgIpc) is 3.05. The van der Waals surface area contributed by atoms with E-state index in [1.807, 2.05) is 36.4 Å². The normalized spacial score (nSPS) is 14.0. The van der Waals surface area contributed by atoms with Crippen molar-refractivity contribution >= 4 is 29.1 Å². The number of anilines is 1. The smallest absolute Gasteiger partial charge is 0.234 e. The predicted molar refractivity (Wildman–Crippen MR) is 111 cm³/mol. The molecule has 0 spiro atoms. The number of carbonyl (C=O) groups is 4. The second kappa shape index (κ2) is 9.24. The molecule has 0 N–H and O–H groups in total. The average molecular weight is 389 g/mol. The van der Waals surface area contributed by atoms with E-state index >= 15 is 0 Å². The molecule has 1 heterocycles. The van der Waals surface area contributed by atoms with E-state index in [1.165, 1.54) is 24.0 Å². The van der Waals surface area contributed by atoms with Gasteiger partial charge in [0.1, 0.15) is 0 Å². The Bertz CT molecular complexity index is 939. The van der Waals surface area contributed by atoms with Crippen LogP contribution in [0, 0.1) is 0 Å². The summed E-state index contributed by atoms with van der Waals surface area (Å²) in [6.45, 7) is 1.42. The van der Waals surface area contributed by atoms with E-state index in [4.69, 9.17) is 0 Å². The Labute approximate surface area is 170 Å². The Hall–Kier alpha value is -3.34. The summed E-state index contributed by atoms with van der Waals surface area (Å²) < 4.78 is 0. The van der Waals surface area contributed by atoms with Crippen molar-refractivity contribution in [3.8, 4) is 11.1 Å². The first-order valence-corrected chi connectivity index (χ1v) is 9.70. The van der Waals surface area contributed by atoms with Gasteiger partial charge in [0.05, 0.1) is 5.69 Å². The highest BCUT2D eigenvalue weighted by Crippen LogP contribution is 2.27. The molecule has 1 aliphatic heterocycles. The van der Waals surface area contributed by atoms with Crippen LogP contribution in [0.3, 0.4) is 0 Å². The van der Waals surface area contributed by atoms with Crippen molar-refractivity contribution in [2.24, 2.45) is 0 Å². The maximum Gasteiger partial charge on any atom is 0.234 e. The number of allylic oxidation sites excluding steroid dienone is 2. The van der Waals surface area contributed by atoms with Gasteiger partial charge >= 0.3 is 0 Å².